The van der Waals surface area contributed by atoms with Gasteiger partial charge in [0.15, 0.2) is 0 Å². The molecule has 1 aliphatic heterocycles. The van der Waals surface area contributed by atoms with Crippen LogP contribution in [-0.4, -0.2) is 30.8 Å². The Morgan fingerprint density at radius 1 is 1.29 bits per heavy atom. The van der Waals surface area contributed by atoms with Crippen LogP contribution in [0.4, 0.5) is 0 Å². The largest absolute Gasteiger partial charge is 0.276 e. The van der Waals surface area contributed by atoms with Gasteiger partial charge in [-0.15, -0.1) is 11.3 Å². The summed E-state index contributed by atoms with van der Waals surface area (Å²) in [6, 6.07) is 8.21. The zero-order valence-electron chi connectivity index (χ0n) is 11.5. The summed E-state index contributed by atoms with van der Waals surface area (Å²) in [6.45, 7) is 1.08. The molecular weight excluding hydrogens is 306 g/mol. The van der Waals surface area contributed by atoms with Crippen molar-refractivity contribution in [2.45, 2.75) is 25.2 Å². The maximum Gasteiger partial charge on any atom is 0.276 e. The number of hydrogen-bond donors (Lipinski definition) is 1. The van der Waals surface area contributed by atoms with Crippen molar-refractivity contribution < 1.29 is 8.42 Å². The second-order valence-electron chi connectivity index (χ2n) is 6.08. The second-order valence-corrected chi connectivity index (χ2v) is 8.69. The van der Waals surface area contributed by atoms with Gasteiger partial charge in [0, 0.05) is 19.0 Å². The predicted molar refractivity (Wildman–Crippen MR) is 83.3 cm³/mol. The minimum absolute atomic E-state index is 0.259. The van der Waals surface area contributed by atoms with E-state index in [1.165, 1.54) is 14.0 Å². The summed E-state index contributed by atoms with van der Waals surface area (Å²) in [5.74, 6) is 0.498. The molecule has 112 valence electrons. The van der Waals surface area contributed by atoms with Gasteiger partial charge in [0.05, 0.1) is 15.2 Å². The van der Waals surface area contributed by atoms with Crippen LogP contribution < -0.4 is 5.14 Å². The molecule has 21 heavy (non-hydrogen) atoms. The molecule has 1 unspecified atom stereocenters. The van der Waals surface area contributed by atoms with E-state index in [1.807, 2.05) is 18.2 Å². The first-order chi connectivity index (χ1) is 9.98. The third-order valence-electron chi connectivity index (χ3n) is 4.88. The number of benzene rings is 1. The van der Waals surface area contributed by atoms with E-state index in [1.54, 1.807) is 11.3 Å². The van der Waals surface area contributed by atoms with Crippen LogP contribution in [-0.2, 0) is 10.2 Å². The van der Waals surface area contributed by atoms with Gasteiger partial charge >= 0.3 is 0 Å². The summed E-state index contributed by atoms with van der Waals surface area (Å²) >= 11 is 1.77. The molecule has 0 radical (unpaired) electrons. The third-order valence-corrected chi connectivity index (χ3v) is 7.11. The summed E-state index contributed by atoms with van der Waals surface area (Å²) in [5.41, 5.74) is 1.33. The lowest BCUT2D eigenvalue weighted by Crippen LogP contribution is -2.42. The van der Waals surface area contributed by atoms with Crippen molar-refractivity contribution >= 4 is 31.8 Å². The van der Waals surface area contributed by atoms with Crippen LogP contribution in [0.5, 0.6) is 0 Å². The number of fused-ring (bicyclic) bond motifs is 1. The van der Waals surface area contributed by atoms with Crippen molar-refractivity contribution in [1.82, 2.24) is 9.29 Å². The number of nitrogens with two attached hydrogens (primary N) is 1. The summed E-state index contributed by atoms with van der Waals surface area (Å²) < 4.78 is 25.4. The second kappa shape index (κ2) is 4.49. The normalized spacial score (nSPS) is 25.5. The first kappa shape index (κ1) is 13.6. The minimum atomic E-state index is -3.53. The highest BCUT2D eigenvalue weighted by Gasteiger charge is 2.57. The first-order valence-electron chi connectivity index (χ1n) is 7.11. The Hall–Kier alpha value is -1.02. The summed E-state index contributed by atoms with van der Waals surface area (Å²) in [7, 11) is -3.53. The van der Waals surface area contributed by atoms with Crippen LogP contribution >= 0.6 is 11.3 Å². The molecule has 1 atom stereocenters. The van der Waals surface area contributed by atoms with Crippen molar-refractivity contribution in [2.24, 2.45) is 10.6 Å². The van der Waals surface area contributed by atoms with Crippen molar-refractivity contribution in [3.8, 4) is 0 Å². The number of hydrogen-bond acceptors (Lipinski definition) is 4. The standard InChI is InChI=1S/C14H17N3O2S2/c15-21(18,19)17-7-5-14(6-8-17)9-10(14)13-16-11-3-1-2-4-12(11)20-13/h1-4,10H,5-9H2,(H2,15,18,19). The predicted octanol–water partition coefficient (Wildman–Crippen LogP) is 2.07. The van der Waals surface area contributed by atoms with E-state index in [9.17, 15) is 8.42 Å². The number of aromatic nitrogens is 1. The molecule has 2 fully saturated rings. The molecule has 1 aromatic heterocycles. The van der Waals surface area contributed by atoms with E-state index in [-0.39, 0.29) is 5.41 Å². The van der Waals surface area contributed by atoms with Crippen LogP contribution in [0.1, 0.15) is 30.2 Å². The Morgan fingerprint density at radius 3 is 2.67 bits per heavy atom. The lowest BCUT2D eigenvalue weighted by Gasteiger charge is -2.30. The average Bonchev–Trinajstić information content (AvgIpc) is 2.96. The van der Waals surface area contributed by atoms with Crippen molar-refractivity contribution in [1.29, 1.82) is 0 Å². The van der Waals surface area contributed by atoms with Crippen LogP contribution in [0.25, 0.3) is 10.2 Å². The lowest BCUT2D eigenvalue weighted by molar-refractivity contribution is 0.251. The molecule has 0 bridgehead atoms. The van der Waals surface area contributed by atoms with Crippen LogP contribution in [0, 0.1) is 5.41 Å². The Kier molecular flexibility index (Phi) is 2.91. The minimum Gasteiger partial charge on any atom is -0.241 e. The molecule has 5 nitrogen and oxygen atoms in total. The monoisotopic (exact) mass is 323 g/mol. The number of piperidine rings is 1. The average molecular weight is 323 g/mol. The van der Waals surface area contributed by atoms with E-state index in [0.717, 1.165) is 24.8 Å². The number of nitrogens with zero attached hydrogens (tertiary/aromatic N) is 2. The topological polar surface area (TPSA) is 76.3 Å². The van der Waals surface area contributed by atoms with Gasteiger partial charge in [-0.1, -0.05) is 12.1 Å². The fourth-order valence-electron chi connectivity index (χ4n) is 3.47. The van der Waals surface area contributed by atoms with E-state index in [2.05, 4.69) is 6.07 Å². The van der Waals surface area contributed by atoms with Gasteiger partial charge in [0.25, 0.3) is 10.2 Å². The molecule has 2 N–H and O–H groups in total. The fourth-order valence-corrected chi connectivity index (χ4v) is 5.38. The smallest absolute Gasteiger partial charge is 0.241 e. The molecule has 2 aromatic rings. The van der Waals surface area contributed by atoms with Gasteiger partial charge in [0.1, 0.15) is 0 Å². The SMILES string of the molecule is NS(=O)(=O)N1CCC2(CC1)CC2c1nc2ccccc2s1. The Bertz CT molecular complexity index is 758. The number of para-hydroxylation sites is 1. The highest BCUT2D eigenvalue weighted by atomic mass is 32.2. The van der Waals surface area contributed by atoms with Gasteiger partial charge in [-0.25, -0.2) is 10.1 Å². The number of rotatable bonds is 2. The summed E-state index contributed by atoms with van der Waals surface area (Å²) in [4.78, 5) is 4.75. The summed E-state index contributed by atoms with van der Waals surface area (Å²) in [6.07, 6.45) is 2.92. The molecule has 1 aromatic carbocycles. The zero-order chi connectivity index (χ0) is 14.7. The molecular formula is C14H17N3O2S2. The Balaban J connectivity index is 1.53. The van der Waals surface area contributed by atoms with Gasteiger partial charge < -0.3 is 0 Å². The Labute approximate surface area is 128 Å². The van der Waals surface area contributed by atoms with Crippen LogP contribution in [0.3, 0.4) is 0 Å². The fraction of sp³-hybridized carbons (Fsp3) is 0.500. The first-order valence-corrected chi connectivity index (χ1v) is 9.43. The quantitative estimate of drug-likeness (QED) is 0.919. The highest BCUT2D eigenvalue weighted by Crippen LogP contribution is 2.65. The van der Waals surface area contributed by atoms with Gasteiger partial charge in [0.2, 0.25) is 0 Å². The van der Waals surface area contributed by atoms with Crippen LogP contribution in [0.2, 0.25) is 0 Å². The molecule has 2 heterocycles. The van der Waals surface area contributed by atoms with E-state index < -0.39 is 10.2 Å². The van der Waals surface area contributed by atoms with E-state index in [4.69, 9.17) is 10.1 Å². The molecule has 1 saturated heterocycles. The van der Waals surface area contributed by atoms with E-state index >= 15 is 0 Å². The number of thiazole rings is 1. The van der Waals surface area contributed by atoms with Crippen molar-refractivity contribution in [2.75, 3.05) is 13.1 Å². The molecule has 1 aliphatic carbocycles. The lowest BCUT2D eigenvalue weighted by atomic mass is 9.92. The highest BCUT2D eigenvalue weighted by molar-refractivity contribution is 7.86. The van der Waals surface area contributed by atoms with Crippen LogP contribution in [0.15, 0.2) is 24.3 Å². The zero-order valence-corrected chi connectivity index (χ0v) is 13.2. The summed E-state index contributed by atoms with van der Waals surface area (Å²) in [5, 5.41) is 6.41. The third kappa shape index (κ3) is 2.28. The van der Waals surface area contributed by atoms with Crippen molar-refractivity contribution in [3.05, 3.63) is 29.3 Å². The molecule has 1 saturated carbocycles. The maximum absolute atomic E-state index is 11.4. The molecule has 2 aliphatic rings. The molecule has 4 rings (SSSR count). The molecule has 1 spiro atoms. The van der Waals surface area contributed by atoms with Gasteiger partial charge in [-0.2, -0.15) is 12.7 Å². The molecule has 0 amide bonds. The maximum atomic E-state index is 11.4. The van der Waals surface area contributed by atoms with Gasteiger partial charge in [-0.3, -0.25) is 0 Å². The van der Waals surface area contributed by atoms with E-state index in [0.29, 0.717) is 19.0 Å². The van der Waals surface area contributed by atoms with Gasteiger partial charge in [-0.05, 0) is 36.8 Å². The van der Waals surface area contributed by atoms with Crippen molar-refractivity contribution in [3.63, 3.8) is 0 Å². The molecule has 7 heteroatoms. The Morgan fingerprint density at radius 2 is 2.00 bits per heavy atom.